The van der Waals surface area contributed by atoms with Crippen molar-refractivity contribution in [1.82, 2.24) is 0 Å². The van der Waals surface area contributed by atoms with Gasteiger partial charge in [-0.3, -0.25) is 0 Å². The van der Waals surface area contributed by atoms with Gasteiger partial charge < -0.3 is 0 Å². The van der Waals surface area contributed by atoms with Crippen LogP contribution in [0.2, 0.25) is 0 Å². The van der Waals surface area contributed by atoms with Crippen LogP contribution in [0, 0.1) is 0 Å². The van der Waals surface area contributed by atoms with E-state index in [0.717, 1.165) is 0 Å². The SMILES string of the molecule is CCCCCCCCCCCCCCc1ccc2c(c1)sc1c3ccccc3sc21. The zero-order valence-corrected chi connectivity index (χ0v) is 20.2. The smallest absolute Gasteiger partial charge is 0.0542 e. The third-order valence-corrected chi connectivity index (χ3v) is 8.89. The summed E-state index contributed by atoms with van der Waals surface area (Å²) in [4.78, 5) is 0. The van der Waals surface area contributed by atoms with Crippen molar-refractivity contribution in [3.8, 4) is 0 Å². The van der Waals surface area contributed by atoms with Crippen LogP contribution >= 0.6 is 22.7 Å². The number of fused-ring (bicyclic) bond motifs is 5. The highest BCUT2D eigenvalue weighted by atomic mass is 32.1. The lowest BCUT2D eigenvalue weighted by atomic mass is 10.0. The van der Waals surface area contributed by atoms with E-state index >= 15 is 0 Å². The summed E-state index contributed by atoms with van der Waals surface area (Å²) in [6.07, 6.45) is 18.3. The number of unbranched alkanes of at least 4 members (excludes halogenated alkanes) is 11. The van der Waals surface area contributed by atoms with Crippen LogP contribution < -0.4 is 0 Å². The van der Waals surface area contributed by atoms with Crippen molar-refractivity contribution < 1.29 is 0 Å². The maximum absolute atomic E-state index is 2.46. The first-order valence-electron chi connectivity index (χ1n) is 12.2. The van der Waals surface area contributed by atoms with E-state index in [0.29, 0.717) is 0 Å². The van der Waals surface area contributed by atoms with E-state index < -0.39 is 0 Å². The van der Waals surface area contributed by atoms with Crippen LogP contribution in [0.5, 0.6) is 0 Å². The fourth-order valence-electron chi connectivity index (χ4n) is 4.57. The molecule has 160 valence electrons. The highest BCUT2D eigenvalue weighted by Crippen LogP contribution is 2.44. The second-order valence-corrected chi connectivity index (χ2v) is 10.9. The molecule has 2 aromatic heterocycles. The standard InChI is InChI=1S/C28H36S2/c1-2-3-4-5-6-7-8-9-10-11-12-13-16-22-19-20-24-26(21-22)30-27-23-17-14-15-18-25(23)29-28(24)27/h14-15,17-21H,2-13,16H2,1H3. The van der Waals surface area contributed by atoms with Gasteiger partial charge in [-0.25, -0.2) is 0 Å². The number of benzene rings is 2. The Labute approximate surface area is 190 Å². The molecule has 0 spiro atoms. The number of hydrogen-bond acceptors (Lipinski definition) is 2. The molecule has 0 atom stereocenters. The van der Waals surface area contributed by atoms with Gasteiger partial charge in [0.25, 0.3) is 0 Å². The van der Waals surface area contributed by atoms with Crippen LogP contribution in [-0.4, -0.2) is 0 Å². The molecule has 2 aromatic carbocycles. The van der Waals surface area contributed by atoms with Gasteiger partial charge in [0.2, 0.25) is 0 Å². The molecule has 0 bridgehead atoms. The number of hydrogen-bond donors (Lipinski definition) is 0. The first kappa shape index (κ1) is 21.8. The number of aryl methyl sites for hydroxylation is 1. The van der Waals surface area contributed by atoms with Crippen molar-refractivity contribution in [3.05, 3.63) is 48.0 Å². The summed E-state index contributed by atoms with van der Waals surface area (Å²) in [5.41, 5.74) is 1.52. The van der Waals surface area contributed by atoms with Crippen LogP contribution in [0.3, 0.4) is 0 Å². The average molecular weight is 437 g/mol. The molecule has 30 heavy (non-hydrogen) atoms. The molecule has 0 amide bonds. The maximum Gasteiger partial charge on any atom is 0.0542 e. The minimum atomic E-state index is 1.24. The third kappa shape index (κ3) is 5.45. The summed E-state index contributed by atoms with van der Waals surface area (Å²) < 4.78 is 5.85. The van der Waals surface area contributed by atoms with Crippen molar-refractivity contribution in [2.75, 3.05) is 0 Å². The van der Waals surface area contributed by atoms with E-state index in [9.17, 15) is 0 Å². The Balaban J connectivity index is 1.18. The minimum absolute atomic E-state index is 1.24. The van der Waals surface area contributed by atoms with Crippen LogP contribution in [0.15, 0.2) is 42.5 Å². The van der Waals surface area contributed by atoms with E-state index in [-0.39, 0.29) is 0 Å². The molecule has 0 saturated carbocycles. The molecule has 0 nitrogen and oxygen atoms in total. The Hall–Kier alpha value is -1.38. The highest BCUT2D eigenvalue weighted by Gasteiger charge is 2.11. The minimum Gasteiger partial charge on any atom is -0.134 e. The molecular formula is C28H36S2. The van der Waals surface area contributed by atoms with E-state index in [2.05, 4.69) is 49.4 Å². The molecule has 4 rings (SSSR count). The van der Waals surface area contributed by atoms with Crippen LogP contribution in [-0.2, 0) is 6.42 Å². The molecule has 2 heterocycles. The lowest BCUT2D eigenvalue weighted by Crippen LogP contribution is -1.86. The first-order valence-corrected chi connectivity index (χ1v) is 13.8. The lowest BCUT2D eigenvalue weighted by molar-refractivity contribution is 0.544. The van der Waals surface area contributed by atoms with Crippen molar-refractivity contribution in [1.29, 1.82) is 0 Å². The Morgan fingerprint density at radius 2 is 1.13 bits per heavy atom. The average Bonchev–Trinajstić information content (AvgIpc) is 3.30. The predicted molar refractivity (Wildman–Crippen MR) is 139 cm³/mol. The van der Waals surface area contributed by atoms with Crippen molar-refractivity contribution in [2.24, 2.45) is 0 Å². The molecule has 0 aliphatic heterocycles. The van der Waals surface area contributed by atoms with E-state index in [1.807, 2.05) is 22.7 Å². The van der Waals surface area contributed by atoms with E-state index in [1.165, 1.54) is 119 Å². The number of thiophene rings is 2. The molecule has 0 aliphatic rings. The summed E-state index contributed by atoms with van der Waals surface area (Å²) in [5.74, 6) is 0. The van der Waals surface area contributed by atoms with Gasteiger partial charge in [0.05, 0.1) is 9.40 Å². The molecule has 0 saturated heterocycles. The lowest BCUT2D eigenvalue weighted by Gasteiger charge is -2.04. The number of rotatable bonds is 13. The molecule has 0 aliphatic carbocycles. The van der Waals surface area contributed by atoms with Gasteiger partial charge in [-0.2, -0.15) is 0 Å². The third-order valence-electron chi connectivity index (χ3n) is 6.37. The molecule has 0 radical (unpaired) electrons. The van der Waals surface area contributed by atoms with E-state index in [1.54, 1.807) is 0 Å². The van der Waals surface area contributed by atoms with Gasteiger partial charge in [0.1, 0.15) is 0 Å². The zero-order valence-electron chi connectivity index (χ0n) is 18.6. The van der Waals surface area contributed by atoms with Crippen molar-refractivity contribution in [2.45, 2.75) is 90.4 Å². The van der Waals surface area contributed by atoms with E-state index in [4.69, 9.17) is 0 Å². The molecule has 0 N–H and O–H groups in total. The van der Waals surface area contributed by atoms with Gasteiger partial charge in [0, 0.05) is 20.2 Å². The first-order chi connectivity index (χ1) is 14.9. The van der Waals surface area contributed by atoms with Gasteiger partial charge in [0.15, 0.2) is 0 Å². The summed E-state index contributed by atoms with van der Waals surface area (Å²) in [6.45, 7) is 2.30. The zero-order chi connectivity index (χ0) is 20.6. The molecule has 4 aromatic rings. The van der Waals surface area contributed by atoms with Crippen LogP contribution in [0.4, 0.5) is 0 Å². The fraction of sp³-hybridized carbons (Fsp3) is 0.500. The summed E-state index contributed by atoms with van der Waals surface area (Å²) in [6, 6.07) is 16.0. The Kier molecular flexibility index (Phi) is 8.22. The monoisotopic (exact) mass is 436 g/mol. The maximum atomic E-state index is 2.46. The molecule has 0 fully saturated rings. The Morgan fingerprint density at radius 3 is 1.83 bits per heavy atom. The largest absolute Gasteiger partial charge is 0.134 e. The second-order valence-electron chi connectivity index (χ2n) is 8.83. The van der Waals surface area contributed by atoms with Gasteiger partial charge in [-0.1, -0.05) is 108 Å². The topological polar surface area (TPSA) is 0 Å². The summed E-state index contributed by atoms with van der Waals surface area (Å²) in [5, 5.41) is 2.89. The summed E-state index contributed by atoms with van der Waals surface area (Å²) in [7, 11) is 0. The Morgan fingerprint density at radius 1 is 0.567 bits per heavy atom. The predicted octanol–water partition coefficient (Wildman–Crippen LogP) is 10.5. The highest BCUT2D eigenvalue weighted by molar-refractivity contribution is 7.36. The normalized spacial score (nSPS) is 11.9. The molecule has 2 heteroatoms. The van der Waals surface area contributed by atoms with Crippen molar-refractivity contribution in [3.63, 3.8) is 0 Å². The molecule has 0 unspecified atom stereocenters. The van der Waals surface area contributed by atoms with Crippen molar-refractivity contribution >= 4 is 52.2 Å². The van der Waals surface area contributed by atoms with Crippen LogP contribution in [0.25, 0.3) is 29.6 Å². The second kappa shape index (κ2) is 11.3. The summed E-state index contributed by atoms with van der Waals surface area (Å²) >= 11 is 3.93. The molecular weight excluding hydrogens is 400 g/mol. The van der Waals surface area contributed by atoms with Crippen LogP contribution in [0.1, 0.15) is 89.5 Å². The quantitative estimate of drug-likeness (QED) is 0.183. The fourth-order valence-corrected chi connectivity index (χ4v) is 7.29. The van der Waals surface area contributed by atoms with Gasteiger partial charge >= 0.3 is 0 Å². The Bertz CT molecular complexity index is 1050. The van der Waals surface area contributed by atoms with Gasteiger partial charge in [-0.15, -0.1) is 22.7 Å². The van der Waals surface area contributed by atoms with Gasteiger partial charge in [-0.05, 0) is 30.5 Å².